The van der Waals surface area contributed by atoms with E-state index in [1.807, 2.05) is 60.7 Å². The third-order valence-electron chi connectivity index (χ3n) is 5.28. The number of carbonyl (C=O) groups is 3. The molecule has 32 heavy (non-hydrogen) atoms. The second-order valence-electron chi connectivity index (χ2n) is 7.60. The second kappa shape index (κ2) is 9.34. The molecule has 0 radical (unpaired) electrons. The average molecular weight is 429 g/mol. The largest absolute Gasteiger partial charge is 0.438 e. The minimum atomic E-state index is -0.960. The number of hydrogen-bond donors (Lipinski definition) is 2. The molecule has 3 amide bonds. The number of benzene rings is 3. The molecule has 1 fully saturated rings. The molecule has 3 aromatic carbocycles. The van der Waals surface area contributed by atoms with Crippen LogP contribution >= 0.6 is 0 Å². The van der Waals surface area contributed by atoms with Crippen LogP contribution < -0.4 is 11.1 Å². The lowest BCUT2D eigenvalue weighted by Crippen LogP contribution is -2.43. The maximum atomic E-state index is 12.6. The van der Waals surface area contributed by atoms with Gasteiger partial charge in [-0.05, 0) is 28.8 Å². The van der Waals surface area contributed by atoms with Gasteiger partial charge in [0.2, 0.25) is 11.8 Å². The van der Waals surface area contributed by atoms with Gasteiger partial charge in [0.15, 0.2) is 12.1 Å². The van der Waals surface area contributed by atoms with Crippen molar-refractivity contribution in [3.63, 3.8) is 0 Å². The first-order valence-electron chi connectivity index (χ1n) is 10.3. The van der Waals surface area contributed by atoms with Gasteiger partial charge in [0, 0.05) is 5.69 Å². The van der Waals surface area contributed by atoms with Gasteiger partial charge in [-0.1, -0.05) is 72.8 Å². The molecule has 3 N–H and O–H groups in total. The van der Waals surface area contributed by atoms with Crippen LogP contribution in [0.3, 0.4) is 0 Å². The van der Waals surface area contributed by atoms with Crippen molar-refractivity contribution in [1.82, 2.24) is 4.90 Å². The standard InChI is InChI=1S/C25H23N3O4/c26-24(30)22-23(32-25(31)28(22)16-18-10-5-2-6-11-18)19-12-7-13-20(15-19)27-21(29)14-17-8-3-1-4-9-17/h1-13,15,22-23H,14,16H2,(H2,26,30)(H,27,29)/t22-,23-/m0/s1. The number of anilines is 1. The van der Waals surface area contributed by atoms with E-state index in [1.54, 1.807) is 24.3 Å². The summed E-state index contributed by atoms with van der Waals surface area (Å²) in [6.07, 6.45) is -1.24. The smallest absolute Gasteiger partial charge is 0.411 e. The van der Waals surface area contributed by atoms with E-state index in [0.29, 0.717) is 11.3 Å². The highest BCUT2D eigenvalue weighted by Gasteiger charge is 2.46. The quantitative estimate of drug-likeness (QED) is 0.601. The summed E-state index contributed by atoms with van der Waals surface area (Å²) >= 11 is 0. The molecule has 0 bridgehead atoms. The number of nitrogens with two attached hydrogens (primary N) is 1. The van der Waals surface area contributed by atoms with Crippen LogP contribution in [0, 0.1) is 0 Å². The third kappa shape index (κ3) is 4.78. The Morgan fingerprint density at radius 3 is 2.22 bits per heavy atom. The second-order valence-corrected chi connectivity index (χ2v) is 7.60. The summed E-state index contributed by atoms with van der Waals surface area (Å²) in [5.74, 6) is -0.829. The Morgan fingerprint density at radius 1 is 0.906 bits per heavy atom. The summed E-state index contributed by atoms with van der Waals surface area (Å²) in [6.45, 7) is 0.206. The Kier molecular flexibility index (Phi) is 6.17. The fourth-order valence-corrected chi connectivity index (χ4v) is 3.79. The average Bonchev–Trinajstić information content (AvgIpc) is 3.11. The highest BCUT2D eigenvalue weighted by atomic mass is 16.6. The summed E-state index contributed by atoms with van der Waals surface area (Å²) in [5, 5.41) is 2.85. The van der Waals surface area contributed by atoms with Gasteiger partial charge < -0.3 is 15.8 Å². The number of nitrogens with zero attached hydrogens (tertiary/aromatic N) is 1. The Bertz CT molecular complexity index is 1120. The van der Waals surface area contributed by atoms with Gasteiger partial charge in [0.05, 0.1) is 13.0 Å². The van der Waals surface area contributed by atoms with Crippen LogP contribution in [0.15, 0.2) is 84.9 Å². The lowest BCUT2D eigenvalue weighted by atomic mass is 10.0. The van der Waals surface area contributed by atoms with Crippen molar-refractivity contribution < 1.29 is 19.1 Å². The number of ether oxygens (including phenoxy) is 1. The van der Waals surface area contributed by atoms with Gasteiger partial charge in [0.1, 0.15) is 0 Å². The van der Waals surface area contributed by atoms with Crippen LogP contribution in [0.5, 0.6) is 0 Å². The van der Waals surface area contributed by atoms with E-state index >= 15 is 0 Å². The van der Waals surface area contributed by atoms with Crippen LogP contribution in [0.4, 0.5) is 10.5 Å². The molecule has 1 heterocycles. The molecule has 0 saturated carbocycles. The molecule has 4 rings (SSSR count). The van der Waals surface area contributed by atoms with Crippen LogP contribution in [0.25, 0.3) is 0 Å². The fraction of sp³-hybridized carbons (Fsp3) is 0.160. The number of hydrogen-bond acceptors (Lipinski definition) is 4. The summed E-state index contributed by atoms with van der Waals surface area (Å²) < 4.78 is 5.54. The Balaban J connectivity index is 1.51. The van der Waals surface area contributed by atoms with Crippen LogP contribution in [0.1, 0.15) is 22.8 Å². The number of cyclic esters (lactones) is 1. The Morgan fingerprint density at radius 2 is 1.56 bits per heavy atom. The predicted molar refractivity (Wildman–Crippen MR) is 119 cm³/mol. The molecular weight excluding hydrogens is 406 g/mol. The maximum absolute atomic E-state index is 12.6. The summed E-state index contributed by atoms with van der Waals surface area (Å²) in [5.41, 5.74) is 8.54. The van der Waals surface area contributed by atoms with Crippen molar-refractivity contribution in [1.29, 1.82) is 0 Å². The minimum absolute atomic E-state index is 0.172. The molecule has 1 aliphatic rings. The topological polar surface area (TPSA) is 102 Å². The van der Waals surface area contributed by atoms with Gasteiger partial charge in [-0.25, -0.2) is 4.79 Å². The zero-order valence-electron chi connectivity index (χ0n) is 17.3. The molecule has 0 aliphatic carbocycles. The lowest BCUT2D eigenvalue weighted by molar-refractivity contribution is -0.123. The van der Waals surface area contributed by atoms with Crippen LogP contribution in [-0.4, -0.2) is 28.8 Å². The monoisotopic (exact) mass is 429 g/mol. The van der Waals surface area contributed by atoms with Crippen molar-refractivity contribution in [2.75, 3.05) is 5.32 Å². The van der Waals surface area contributed by atoms with Gasteiger partial charge in [-0.2, -0.15) is 0 Å². The van der Waals surface area contributed by atoms with Crippen LogP contribution in [-0.2, 0) is 27.3 Å². The third-order valence-corrected chi connectivity index (χ3v) is 5.28. The zero-order valence-corrected chi connectivity index (χ0v) is 17.3. The molecule has 0 aromatic heterocycles. The molecule has 7 nitrogen and oxygen atoms in total. The Labute approximate surface area is 185 Å². The number of rotatable bonds is 7. The molecule has 7 heteroatoms. The zero-order chi connectivity index (χ0) is 22.5. The van der Waals surface area contributed by atoms with Crippen molar-refractivity contribution in [2.24, 2.45) is 5.73 Å². The molecule has 1 aliphatic heterocycles. The molecular formula is C25H23N3O4. The number of carbonyl (C=O) groups excluding carboxylic acids is 3. The van der Waals surface area contributed by atoms with E-state index < -0.39 is 24.1 Å². The normalized spacial score (nSPS) is 17.6. The lowest BCUT2D eigenvalue weighted by Gasteiger charge is -2.22. The van der Waals surface area contributed by atoms with E-state index in [-0.39, 0.29) is 18.9 Å². The van der Waals surface area contributed by atoms with E-state index in [9.17, 15) is 14.4 Å². The first-order valence-corrected chi connectivity index (χ1v) is 10.3. The Hall–Kier alpha value is -4.13. The van der Waals surface area contributed by atoms with Gasteiger partial charge >= 0.3 is 6.09 Å². The molecule has 0 unspecified atom stereocenters. The van der Waals surface area contributed by atoms with E-state index in [4.69, 9.17) is 10.5 Å². The SMILES string of the molecule is NC(=O)[C@@H]1[C@H](c2cccc(NC(=O)Cc3ccccc3)c2)OC(=O)N1Cc1ccccc1. The first kappa shape index (κ1) is 21.1. The summed E-state index contributed by atoms with van der Waals surface area (Å²) in [4.78, 5) is 38.6. The number of nitrogens with one attached hydrogen (secondary N) is 1. The number of primary amides is 1. The maximum Gasteiger partial charge on any atom is 0.411 e. The fourth-order valence-electron chi connectivity index (χ4n) is 3.79. The first-order chi connectivity index (χ1) is 15.5. The van der Waals surface area contributed by atoms with Crippen molar-refractivity contribution in [3.8, 4) is 0 Å². The van der Waals surface area contributed by atoms with Gasteiger partial charge in [0.25, 0.3) is 0 Å². The highest BCUT2D eigenvalue weighted by Crippen LogP contribution is 2.34. The van der Waals surface area contributed by atoms with Crippen molar-refractivity contribution in [2.45, 2.75) is 25.1 Å². The van der Waals surface area contributed by atoms with E-state index in [0.717, 1.165) is 11.1 Å². The number of amides is 3. The summed E-state index contributed by atoms with van der Waals surface area (Å²) in [7, 11) is 0. The molecule has 3 aromatic rings. The molecule has 1 saturated heterocycles. The van der Waals surface area contributed by atoms with Crippen molar-refractivity contribution >= 4 is 23.6 Å². The van der Waals surface area contributed by atoms with Crippen LogP contribution in [0.2, 0.25) is 0 Å². The van der Waals surface area contributed by atoms with Crippen molar-refractivity contribution in [3.05, 3.63) is 102 Å². The molecule has 0 spiro atoms. The molecule has 162 valence electrons. The minimum Gasteiger partial charge on any atom is -0.438 e. The van der Waals surface area contributed by atoms with E-state index in [2.05, 4.69) is 5.32 Å². The predicted octanol–water partition coefficient (Wildman–Crippen LogP) is 3.42. The van der Waals surface area contributed by atoms with Gasteiger partial charge in [-0.15, -0.1) is 0 Å². The molecule has 2 atom stereocenters. The van der Waals surface area contributed by atoms with E-state index in [1.165, 1.54) is 4.90 Å². The summed E-state index contributed by atoms with van der Waals surface area (Å²) in [6, 6.07) is 24.7. The highest BCUT2D eigenvalue weighted by molar-refractivity contribution is 5.92. The van der Waals surface area contributed by atoms with Gasteiger partial charge in [-0.3, -0.25) is 14.5 Å².